The molecule has 0 aromatic carbocycles. The minimum Gasteiger partial charge on any atom is -0.445 e. The van der Waals surface area contributed by atoms with Crippen molar-refractivity contribution < 1.29 is 14.6 Å². The van der Waals surface area contributed by atoms with Gasteiger partial charge in [-0.1, -0.05) is 19.1 Å². The lowest BCUT2D eigenvalue weighted by atomic mass is 9.97. The van der Waals surface area contributed by atoms with E-state index in [4.69, 9.17) is 9.84 Å². The van der Waals surface area contributed by atoms with Gasteiger partial charge < -0.3 is 15.2 Å². The summed E-state index contributed by atoms with van der Waals surface area (Å²) in [5.74, 6) is 0.732. The van der Waals surface area contributed by atoms with Crippen molar-refractivity contribution in [3.8, 4) is 0 Å². The zero-order valence-corrected chi connectivity index (χ0v) is 8.95. The number of rotatable bonds is 5. The first-order valence-corrected chi connectivity index (χ1v) is 5.40. The number of hydrogen-bond donors (Lipinski definition) is 2. The molecule has 0 aromatic heterocycles. The van der Waals surface area contributed by atoms with Crippen LogP contribution in [0.2, 0.25) is 0 Å². The van der Waals surface area contributed by atoms with Crippen LogP contribution in [0.3, 0.4) is 0 Å². The van der Waals surface area contributed by atoms with Crippen LogP contribution in [0, 0.1) is 11.8 Å². The van der Waals surface area contributed by atoms with Gasteiger partial charge in [-0.25, -0.2) is 4.79 Å². The summed E-state index contributed by atoms with van der Waals surface area (Å²) in [7, 11) is 0. The Morgan fingerprint density at radius 3 is 2.93 bits per heavy atom. The molecule has 86 valence electrons. The van der Waals surface area contributed by atoms with Crippen molar-refractivity contribution in [1.29, 1.82) is 0 Å². The Bertz CT molecular complexity index is 218. The summed E-state index contributed by atoms with van der Waals surface area (Å²) < 4.78 is 4.79. The van der Waals surface area contributed by atoms with E-state index in [0.29, 0.717) is 18.4 Å². The largest absolute Gasteiger partial charge is 0.445 e. The first-order chi connectivity index (χ1) is 7.27. The minimum absolute atomic E-state index is 0.216. The first-order valence-electron chi connectivity index (χ1n) is 5.40. The summed E-state index contributed by atoms with van der Waals surface area (Å²) in [6, 6.07) is 0. The Labute approximate surface area is 90.3 Å². The molecule has 4 heteroatoms. The van der Waals surface area contributed by atoms with Gasteiger partial charge in [-0.2, -0.15) is 0 Å². The van der Waals surface area contributed by atoms with Crippen molar-refractivity contribution in [3.05, 3.63) is 12.7 Å². The van der Waals surface area contributed by atoms with Gasteiger partial charge in [0.15, 0.2) is 0 Å². The van der Waals surface area contributed by atoms with Crippen LogP contribution in [0.15, 0.2) is 12.7 Å². The van der Waals surface area contributed by atoms with Crippen molar-refractivity contribution in [2.45, 2.75) is 19.3 Å². The van der Waals surface area contributed by atoms with Crippen LogP contribution >= 0.6 is 0 Å². The Kier molecular flexibility index (Phi) is 5.18. The highest BCUT2D eigenvalue weighted by molar-refractivity contribution is 5.67. The van der Waals surface area contributed by atoms with Crippen molar-refractivity contribution >= 4 is 6.09 Å². The summed E-state index contributed by atoms with van der Waals surface area (Å²) in [5.41, 5.74) is 0. The second-order valence-electron chi connectivity index (χ2n) is 3.90. The molecular formula is C11H19NO3. The number of carbonyl (C=O) groups is 1. The molecule has 2 unspecified atom stereocenters. The zero-order chi connectivity index (χ0) is 11.1. The fraction of sp³-hybridized carbons (Fsp3) is 0.727. The van der Waals surface area contributed by atoms with Crippen LogP contribution in [0.5, 0.6) is 0 Å². The van der Waals surface area contributed by atoms with Crippen LogP contribution in [-0.2, 0) is 4.74 Å². The van der Waals surface area contributed by atoms with Crippen LogP contribution in [0.1, 0.15) is 19.3 Å². The fourth-order valence-corrected chi connectivity index (χ4v) is 2.02. The molecule has 1 rings (SSSR count). The molecule has 0 bridgehead atoms. The fourth-order valence-electron chi connectivity index (χ4n) is 2.02. The number of hydrogen-bond acceptors (Lipinski definition) is 3. The summed E-state index contributed by atoms with van der Waals surface area (Å²) in [4.78, 5) is 11.1. The third-order valence-corrected chi connectivity index (χ3v) is 2.89. The van der Waals surface area contributed by atoms with Crippen molar-refractivity contribution in [2.75, 3.05) is 19.8 Å². The minimum atomic E-state index is -0.404. The number of aliphatic hydroxyl groups excluding tert-OH is 1. The van der Waals surface area contributed by atoms with Gasteiger partial charge in [0.25, 0.3) is 0 Å². The summed E-state index contributed by atoms with van der Waals surface area (Å²) in [6.07, 6.45) is 4.40. The van der Waals surface area contributed by atoms with E-state index in [1.807, 2.05) is 0 Å². The Balaban J connectivity index is 2.18. The van der Waals surface area contributed by atoms with E-state index in [1.165, 1.54) is 6.08 Å². The van der Waals surface area contributed by atoms with E-state index in [2.05, 4.69) is 11.9 Å². The number of alkyl carbamates (subject to hydrolysis) is 1. The first kappa shape index (κ1) is 12.0. The molecule has 0 aromatic rings. The summed E-state index contributed by atoms with van der Waals surface area (Å²) in [5, 5.41) is 11.8. The topological polar surface area (TPSA) is 58.6 Å². The lowest BCUT2D eigenvalue weighted by Crippen LogP contribution is -2.32. The van der Waals surface area contributed by atoms with Gasteiger partial charge in [0.2, 0.25) is 0 Å². The Morgan fingerprint density at radius 2 is 2.27 bits per heavy atom. The Morgan fingerprint density at radius 1 is 1.53 bits per heavy atom. The van der Waals surface area contributed by atoms with E-state index in [1.54, 1.807) is 0 Å². The third-order valence-electron chi connectivity index (χ3n) is 2.89. The van der Waals surface area contributed by atoms with E-state index in [0.717, 1.165) is 19.3 Å². The molecule has 1 saturated carbocycles. The van der Waals surface area contributed by atoms with Crippen LogP contribution in [0.4, 0.5) is 4.79 Å². The average Bonchev–Trinajstić information content (AvgIpc) is 2.70. The van der Waals surface area contributed by atoms with Crippen LogP contribution in [0.25, 0.3) is 0 Å². The van der Waals surface area contributed by atoms with E-state index >= 15 is 0 Å². The van der Waals surface area contributed by atoms with Gasteiger partial charge in [-0.15, -0.1) is 0 Å². The maximum Gasteiger partial charge on any atom is 0.407 e. The van der Waals surface area contributed by atoms with Crippen LogP contribution < -0.4 is 5.32 Å². The number of aliphatic hydroxyl groups is 1. The molecule has 0 radical (unpaired) electrons. The SMILES string of the molecule is C=CCOC(=O)NCC1CCCC1CO. The maximum absolute atomic E-state index is 11.1. The molecule has 15 heavy (non-hydrogen) atoms. The van der Waals surface area contributed by atoms with Crippen LogP contribution in [-0.4, -0.2) is 31.0 Å². The second kappa shape index (κ2) is 6.45. The monoisotopic (exact) mass is 213 g/mol. The lowest BCUT2D eigenvalue weighted by Gasteiger charge is -2.17. The number of amides is 1. The van der Waals surface area contributed by atoms with Crippen molar-refractivity contribution in [1.82, 2.24) is 5.32 Å². The second-order valence-corrected chi connectivity index (χ2v) is 3.90. The smallest absolute Gasteiger partial charge is 0.407 e. The highest BCUT2D eigenvalue weighted by Crippen LogP contribution is 2.30. The number of carbonyl (C=O) groups excluding carboxylic acids is 1. The molecule has 4 nitrogen and oxygen atoms in total. The third kappa shape index (κ3) is 3.91. The van der Waals surface area contributed by atoms with Gasteiger partial charge in [-0.05, 0) is 24.7 Å². The molecule has 1 aliphatic rings. The summed E-state index contributed by atoms with van der Waals surface area (Å²) in [6.45, 7) is 4.51. The van der Waals surface area contributed by atoms with Gasteiger partial charge in [0.05, 0.1) is 0 Å². The zero-order valence-electron chi connectivity index (χ0n) is 8.95. The molecule has 0 saturated heterocycles. The van der Waals surface area contributed by atoms with Gasteiger partial charge in [0.1, 0.15) is 6.61 Å². The molecule has 1 fully saturated rings. The van der Waals surface area contributed by atoms with Crippen molar-refractivity contribution in [3.63, 3.8) is 0 Å². The van der Waals surface area contributed by atoms with Gasteiger partial charge in [-0.3, -0.25) is 0 Å². The van der Waals surface area contributed by atoms with E-state index in [-0.39, 0.29) is 13.2 Å². The summed E-state index contributed by atoms with van der Waals surface area (Å²) >= 11 is 0. The average molecular weight is 213 g/mol. The molecule has 2 N–H and O–H groups in total. The number of ether oxygens (including phenoxy) is 1. The molecule has 0 heterocycles. The van der Waals surface area contributed by atoms with E-state index < -0.39 is 6.09 Å². The van der Waals surface area contributed by atoms with E-state index in [9.17, 15) is 4.79 Å². The standard InChI is InChI=1S/C11H19NO3/c1-2-6-15-11(14)12-7-9-4-3-5-10(9)8-13/h2,9-10,13H,1,3-8H2,(H,12,14). The molecule has 0 spiro atoms. The maximum atomic E-state index is 11.1. The molecule has 2 atom stereocenters. The van der Waals surface area contributed by atoms with Gasteiger partial charge >= 0.3 is 6.09 Å². The molecule has 1 amide bonds. The quantitative estimate of drug-likeness (QED) is 0.677. The lowest BCUT2D eigenvalue weighted by molar-refractivity contribution is 0.150. The highest BCUT2D eigenvalue weighted by Gasteiger charge is 2.26. The van der Waals surface area contributed by atoms with Crippen molar-refractivity contribution in [2.24, 2.45) is 11.8 Å². The Hall–Kier alpha value is -1.03. The van der Waals surface area contributed by atoms with Gasteiger partial charge in [0, 0.05) is 13.2 Å². The number of nitrogens with one attached hydrogen (secondary N) is 1. The highest BCUT2D eigenvalue weighted by atomic mass is 16.5. The predicted molar refractivity (Wildman–Crippen MR) is 57.5 cm³/mol. The predicted octanol–water partition coefficient (Wildman–Crippen LogP) is 1.31. The molecular weight excluding hydrogens is 194 g/mol. The molecule has 1 aliphatic carbocycles. The molecule has 0 aliphatic heterocycles. The normalized spacial score (nSPS) is 24.9.